The number of nitrogens with zero attached hydrogens (tertiary/aromatic N) is 6. The highest BCUT2D eigenvalue weighted by Gasteiger charge is 2.37. The Labute approximate surface area is 125 Å². The van der Waals surface area contributed by atoms with E-state index in [4.69, 9.17) is 0 Å². The maximum atomic E-state index is 13.1. The lowest BCUT2D eigenvalue weighted by Gasteiger charge is -2.32. The van der Waals surface area contributed by atoms with Crippen molar-refractivity contribution in [2.75, 3.05) is 4.31 Å². The minimum atomic E-state index is -3.84. The van der Waals surface area contributed by atoms with Gasteiger partial charge in [0.2, 0.25) is 5.95 Å². The van der Waals surface area contributed by atoms with Gasteiger partial charge in [0.25, 0.3) is 10.0 Å². The number of aryl methyl sites for hydroxylation is 1. The molecule has 0 fully saturated rings. The lowest BCUT2D eigenvalue weighted by molar-refractivity contribution is 0.315. The first-order valence-electron chi connectivity index (χ1n) is 6.72. The van der Waals surface area contributed by atoms with Gasteiger partial charge in [-0.05, 0) is 35.8 Å². The fraction of sp³-hybridized carbons (Fsp3) is 0.333. The van der Waals surface area contributed by atoms with Gasteiger partial charge in [-0.1, -0.05) is 6.07 Å². The van der Waals surface area contributed by atoms with Gasteiger partial charge in [-0.2, -0.15) is 10.1 Å². The second-order valence-electron chi connectivity index (χ2n) is 5.11. The van der Waals surface area contributed by atoms with Crippen molar-refractivity contribution in [1.82, 2.24) is 25.1 Å². The zero-order valence-electron chi connectivity index (χ0n) is 11.6. The zero-order valence-corrected chi connectivity index (χ0v) is 12.4. The van der Waals surface area contributed by atoms with Crippen LogP contribution in [0, 0.1) is 0 Å². The Kier molecular flexibility index (Phi) is 2.70. The van der Waals surface area contributed by atoms with Crippen molar-refractivity contribution in [3.05, 3.63) is 24.5 Å². The van der Waals surface area contributed by atoms with E-state index in [2.05, 4.69) is 25.0 Å². The van der Waals surface area contributed by atoms with Crippen LogP contribution in [0.25, 0.3) is 11.0 Å². The number of anilines is 1. The molecule has 0 radical (unpaired) electrons. The summed E-state index contributed by atoms with van der Waals surface area (Å²) in [5.41, 5.74) is 0.610. The van der Waals surface area contributed by atoms with Crippen molar-refractivity contribution >= 4 is 27.0 Å². The minimum Gasteiger partial charge on any atom is -0.243 e. The second-order valence-corrected chi connectivity index (χ2v) is 6.89. The summed E-state index contributed by atoms with van der Waals surface area (Å²) in [6.45, 7) is 2.48. The molecule has 0 N–H and O–H groups in total. The van der Waals surface area contributed by atoms with Crippen LogP contribution in [-0.2, 0) is 16.6 Å². The Morgan fingerprint density at radius 3 is 3.05 bits per heavy atom. The Morgan fingerprint density at radius 1 is 1.32 bits per heavy atom. The highest BCUT2D eigenvalue weighted by Crippen LogP contribution is 2.31. The summed E-state index contributed by atoms with van der Waals surface area (Å²) >= 11 is 0. The molecule has 10 heteroatoms. The van der Waals surface area contributed by atoms with Crippen LogP contribution in [0.15, 0.2) is 34.1 Å². The third kappa shape index (κ3) is 1.73. The van der Waals surface area contributed by atoms with E-state index in [1.807, 2.05) is 6.92 Å². The molecule has 1 aliphatic rings. The first-order chi connectivity index (χ1) is 10.6. The molecule has 4 rings (SSSR count). The van der Waals surface area contributed by atoms with Crippen LogP contribution in [0.2, 0.25) is 0 Å². The number of rotatable bonds is 2. The van der Waals surface area contributed by atoms with E-state index >= 15 is 0 Å². The molecular formula is C12H12N6O3S. The van der Waals surface area contributed by atoms with Gasteiger partial charge in [0, 0.05) is 12.6 Å². The Bertz CT molecular complexity index is 947. The molecule has 22 heavy (non-hydrogen) atoms. The normalized spacial score (nSPS) is 18.6. The van der Waals surface area contributed by atoms with E-state index < -0.39 is 10.0 Å². The van der Waals surface area contributed by atoms with Gasteiger partial charge in [-0.3, -0.25) is 0 Å². The maximum Gasteiger partial charge on any atom is 0.269 e. The van der Waals surface area contributed by atoms with Gasteiger partial charge in [-0.25, -0.2) is 22.0 Å². The van der Waals surface area contributed by atoms with Gasteiger partial charge >= 0.3 is 0 Å². The minimum absolute atomic E-state index is 0.0505. The summed E-state index contributed by atoms with van der Waals surface area (Å²) < 4.78 is 33.7. The zero-order chi connectivity index (χ0) is 15.3. The molecule has 0 bridgehead atoms. The standard InChI is InChI=1S/C12H12N6O3S/c1-8-5-6-17-12(13-7-14-17)18(8)22(19,20)10-4-2-3-9-11(10)16-21-15-9/h2-4,7-8H,5-6H2,1H3. The molecule has 0 aliphatic carbocycles. The summed E-state index contributed by atoms with van der Waals surface area (Å²) in [4.78, 5) is 4.14. The average molecular weight is 320 g/mol. The van der Waals surface area contributed by atoms with Gasteiger partial charge < -0.3 is 0 Å². The van der Waals surface area contributed by atoms with Crippen LogP contribution >= 0.6 is 0 Å². The van der Waals surface area contributed by atoms with E-state index in [-0.39, 0.29) is 16.5 Å². The van der Waals surface area contributed by atoms with Crippen LogP contribution in [0.1, 0.15) is 13.3 Å². The first kappa shape index (κ1) is 13.2. The van der Waals surface area contributed by atoms with Crippen molar-refractivity contribution in [2.24, 2.45) is 0 Å². The number of hydrogen-bond donors (Lipinski definition) is 0. The van der Waals surface area contributed by atoms with E-state index in [0.29, 0.717) is 24.4 Å². The SMILES string of the molecule is CC1CCn2ncnc2N1S(=O)(=O)c1cccc2nonc12. The number of hydrogen-bond acceptors (Lipinski definition) is 7. The topological polar surface area (TPSA) is 107 Å². The van der Waals surface area contributed by atoms with Gasteiger partial charge in [0.05, 0.1) is 0 Å². The molecule has 1 aliphatic heterocycles. The summed E-state index contributed by atoms with van der Waals surface area (Å²) in [5.74, 6) is 0.312. The molecular weight excluding hydrogens is 308 g/mol. The van der Waals surface area contributed by atoms with Gasteiger partial charge in [0.1, 0.15) is 16.7 Å². The van der Waals surface area contributed by atoms with Crippen LogP contribution < -0.4 is 4.31 Å². The highest BCUT2D eigenvalue weighted by atomic mass is 32.2. The van der Waals surface area contributed by atoms with Crippen LogP contribution in [0.5, 0.6) is 0 Å². The monoisotopic (exact) mass is 320 g/mol. The molecule has 2 aromatic heterocycles. The number of fused-ring (bicyclic) bond motifs is 2. The van der Waals surface area contributed by atoms with Crippen molar-refractivity contribution in [1.29, 1.82) is 0 Å². The number of benzene rings is 1. The quantitative estimate of drug-likeness (QED) is 0.687. The van der Waals surface area contributed by atoms with Crippen molar-refractivity contribution in [3.8, 4) is 0 Å². The molecule has 1 aromatic carbocycles. The average Bonchev–Trinajstić information content (AvgIpc) is 3.14. The Hall–Kier alpha value is -2.49. The fourth-order valence-electron chi connectivity index (χ4n) is 2.65. The third-order valence-corrected chi connectivity index (χ3v) is 5.66. The second kappa shape index (κ2) is 4.50. The number of sulfonamides is 1. The third-order valence-electron chi connectivity index (χ3n) is 3.74. The van der Waals surface area contributed by atoms with Crippen LogP contribution in [0.3, 0.4) is 0 Å². The maximum absolute atomic E-state index is 13.1. The molecule has 3 aromatic rings. The first-order valence-corrected chi connectivity index (χ1v) is 8.16. The summed E-state index contributed by atoms with van der Waals surface area (Å²) in [6, 6.07) is 4.52. The molecule has 0 amide bonds. The molecule has 0 saturated carbocycles. The Morgan fingerprint density at radius 2 is 2.18 bits per heavy atom. The molecule has 0 spiro atoms. The van der Waals surface area contributed by atoms with E-state index in [1.54, 1.807) is 16.8 Å². The van der Waals surface area contributed by atoms with Gasteiger partial charge in [0.15, 0.2) is 5.52 Å². The largest absolute Gasteiger partial charge is 0.269 e. The van der Waals surface area contributed by atoms with Crippen LogP contribution in [0.4, 0.5) is 5.95 Å². The van der Waals surface area contributed by atoms with E-state index in [9.17, 15) is 8.42 Å². The molecule has 114 valence electrons. The summed E-state index contributed by atoms with van der Waals surface area (Å²) in [6.07, 6.45) is 2.01. The van der Waals surface area contributed by atoms with Gasteiger partial charge in [-0.15, -0.1) is 0 Å². The predicted molar refractivity (Wildman–Crippen MR) is 75.6 cm³/mol. The Balaban J connectivity index is 1.94. The molecule has 0 saturated heterocycles. The van der Waals surface area contributed by atoms with E-state index in [0.717, 1.165) is 0 Å². The summed E-state index contributed by atoms with van der Waals surface area (Å²) in [5, 5.41) is 11.5. The molecule has 1 atom stereocenters. The molecule has 3 heterocycles. The predicted octanol–water partition coefficient (Wildman–Crippen LogP) is 0.802. The highest BCUT2D eigenvalue weighted by molar-refractivity contribution is 7.93. The van der Waals surface area contributed by atoms with Crippen molar-refractivity contribution in [2.45, 2.75) is 30.8 Å². The lowest BCUT2D eigenvalue weighted by Crippen LogP contribution is -2.44. The molecule has 9 nitrogen and oxygen atoms in total. The lowest BCUT2D eigenvalue weighted by atomic mass is 10.2. The smallest absolute Gasteiger partial charge is 0.243 e. The van der Waals surface area contributed by atoms with Crippen LogP contribution in [-0.4, -0.2) is 39.5 Å². The van der Waals surface area contributed by atoms with Crippen molar-refractivity contribution < 1.29 is 13.0 Å². The van der Waals surface area contributed by atoms with Crippen molar-refractivity contribution in [3.63, 3.8) is 0 Å². The van der Waals surface area contributed by atoms with E-state index in [1.165, 1.54) is 16.7 Å². The summed E-state index contributed by atoms with van der Waals surface area (Å²) in [7, 11) is -3.84. The molecule has 1 unspecified atom stereocenters. The number of aromatic nitrogens is 5. The fourth-order valence-corrected chi connectivity index (χ4v) is 4.43.